The summed E-state index contributed by atoms with van der Waals surface area (Å²) in [4.78, 5) is 0. The van der Waals surface area contributed by atoms with Gasteiger partial charge in [-0.05, 0) is 30.4 Å². The summed E-state index contributed by atoms with van der Waals surface area (Å²) in [6.45, 7) is 5.44. The first-order valence-corrected chi connectivity index (χ1v) is 7.17. The van der Waals surface area contributed by atoms with Crippen LogP contribution in [0.5, 0.6) is 0 Å². The Morgan fingerprint density at radius 1 is 1.27 bits per heavy atom. The number of rotatable bonds is 6. The lowest BCUT2D eigenvalue weighted by Gasteiger charge is -2.31. The van der Waals surface area contributed by atoms with Gasteiger partial charge in [-0.1, -0.05) is 39.5 Å². The largest absolute Gasteiger partial charge is 0.378 e. The molecule has 0 spiro atoms. The van der Waals surface area contributed by atoms with E-state index in [2.05, 4.69) is 26.5 Å². The minimum atomic E-state index is 0.540. The maximum atomic E-state index is 6.08. The summed E-state index contributed by atoms with van der Waals surface area (Å²) in [7, 11) is 0. The van der Waals surface area contributed by atoms with Crippen molar-refractivity contribution in [2.75, 3.05) is 12.4 Å². The molecule has 0 amide bonds. The van der Waals surface area contributed by atoms with Crippen LogP contribution in [0.1, 0.15) is 52.4 Å². The lowest BCUT2D eigenvalue weighted by atomic mass is 9.84. The zero-order valence-electron chi connectivity index (χ0n) is 10.2. The Morgan fingerprint density at radius 3 is 2.60 bits per heavy atom. The monoisotopic (exact) mass is 230 g/mol. The summed E-state index contributed by atoms with van der Waals surface area (Å²) in [6.07, 6.45) is 8.43. The molecule has 1 saturated carbocycles. The van der Waals surface area contributed by atoms with Crippen LogP contribution in [0.4, 0.5) is 0 Å². The second kappa shape index (κ2) is 7.56. The highest BCUT2D eigenvalue weighted by atomic mass is 32.1. The predicted octanol–water partition coefficient (Wildman–Crippen LogP) is 3.93. The van der Waals surface area contributed by atoms with Crippen molar-refractivity contribution in [3.8, 4) is 0 Å². The normalized spacial score (nSPS) is 29.0. The van der Waals surface area contributed by atoms with Gasteiger partial charge >= 0.3 is 0 Å². The van der Waals surface area contributed by atoms with E-state index >= 15 is 0 Å². The highest BCUT2D eigenvalue weighted by molar-refractivity contribution is 7.80. The maximum Gasteiger partial charge on any atom is 0.0603 e. The maximum absolute atomic E-state index is 6.08. The molecular weight excluding hydrogens is 204 g/mol. The molecule has 1 fully saturated rings. The van der Waals surface area contributed by atoms with Gasteiger partial charge in [0.15, 0.2) is 0 Å². The lowest BCUT2D eigenvalue weighted by Crippen LogP contribution is -2.29. The van der Waals surface area contributed by atoms with Crippen molar-refractivity contribution in [1.29, 1.82) is 0 Å². The van der Waals surface area contributed by atoms with Gasteiger partial charge < -0.3 is 4.74 Å². The molecule has 3 atom stereocenters. The average molecular weight is 230 g/mol. The lowest BCUT2D eigenvalue weighted by molar-refractivity contribution is -0.0254. The molecule has 0 aromatic heterocycles. The van der Waals surface area contributed by atoms with E-state index in [1.54, 1.807) is 0 Å². The Bertz CT molecular complexity index is 157. The van der Waals surface area contributed by atoms with E-state index in [0.29, 0.717) is 12.0 Å². The van der Waals surface area contributed by atoms with Crippen molar-refractivity contribution in [1.82, 2.24) is 0 Å². The molecule has 0 radical (unpaired) electrons. The highest BCUT2D eigenvalue weighted by Gasteiger charge is 2.24. The van der Waals surface area contributed by atoms with Crippen LogP contribution >= 0.6 is 12.6 Å². The van der Waals surface area contributed by atoms with E-state index in [0.717, 1.165) is 18.3 Å². The van der Waals surface area contributed by atoms with Gasteiger partial charge in [0.1, 0.15) is 0 Å². The van der Waals surface area contributed by atoms with Crippen LogP contribution in [0.3, 0.4) is 0 Å². The fourth-order valence-electron chi connectivity index (χ4n) is 2.42. The molecule has 0 aliphatic heterocycles. The van der Waals surface area contributed by atoms with E-state index in [-0.39, 0.29) is 0 Å². The van der Waals surface area contributed by atoms with Crippen molar-refractivity contribution in [3.63, 3.8) is 0 Å². The van der Waals surface area contributed by atoms with Crippen LogP contribution in [0, 0.1) is 11.8 Å². The van der Waals surface area contributed by atoms with E-state index < -0.39 is 0 Å². The fourth-order valence-corrected chi connectivity index (χ4v) is 2.78. The third-order valence-corrected chi connectivity index (χ3v) is 4.26. The van der Waals surface area contributed by atoms with Gasteiger partial charge in [-0.15, -0.1) is 0 Å². The molecule has 0 heterocycles. The summed E-state index contributed by atoms with van der Waals surface area (Å²) in [5, 5.41) is 0. The summed E-state index contributed by atoms with van der Waals surface area (Å²) in [5.41, 5.74) is 0. The average Bonchev–Trinajstić information content (AvgIpc) is 2.31. The topological polar surface area (TPSA) is 9.23 Å². The molecule has 0 aromatic carbocycles. The summed E-state index contributed by atoms with van der Waals surface area (Å²) in [6, 6.07) is 0. The number of hydrogen-bond donors (Lipinski definition) is 1. The smallest absolute Gasteiger partial charge is 0.0603 e. The third kappa shape index (κ3) is 4.36. The van der Waals surface area contributed by atoms with Gasteiger partial charge in [-0.25, -0.2) is 0 Å². The minimum Gasteiger partial charge on any atom is -0.378 e. The Balaban J connectivity index is 2.28. The van der Waals surface area contributed by atoms with Crippen molar-refractivity contribution in [2.24, 2.45) is 11.8 Å². The third-order valence-electron chi connectivity index (χ3n) is 3.75. The molecule has 0 aromatic rings. The van der Waals surface area contributed by atoms with Gasteiger partial charge in [0, 0.05) is 0 Å². The van der Waals surface area contributed by atoms with Gasteiger partial charge in [0.2, 0.25) is 0 Å². The van der Waals surface area contributed by atoms with Crippen LogP contribution in [0.2, 0.25) is 0 Å². The second-order valence-corrected chi connectivity index (χ2v) is 5.15. The second-order valence-electron chi connectivity index (χ2n) is 4.78. The van der Waals surface area contributed by atoms with Gasteiger partial charge in [0.05, 0.1) is 12.7 Å². The van der Waals surface area contributed by atoms with Crippen LogP contribution in [0.15, 0.2) is 0 Å². The Kier molecular flexibility index (Phi) is 6.74. The van der Waals surface area contributed by atoms with E-state index in [1.807, 2.05) is 0 Å². The highest BCUT2D eigenvalue weighted by Crippen LogP contribution is 2.29. The zero-order valence-corrected chi connectivity index (χ0v) is 11.1. The van der Waals surface area contributed by atoms with Crippen LogP contribution in [-0.4, -0.2) is 18.5 Å². The van der Waals surface area contributed by atoms with Crippen LogP contribution < -0.4 is 0 Å². The first kappa shape index (κ1) is 13.4. The van der Waals surface area contributed by atoms with Gasteiger partial charge in [0.25, 0.3) is 0 Å². The molecule has 90 valence electrons. The van der Waals surface area contributed by atoms with E-state index in [1.165, 1.54) is 38.5 Å². The first-order chi connectivity index (χ1) is 7.31. The fraction of sp³-hybridized carbons (Fsp3) is 1.00. The summed E-state index contributed by atoms with van der Waals surface area (Å²) in [5.74, 6) is 2.42. The molecule has 2 heteroatoms. The molecule has 0 bridgehead atoms. The minimum absolute atomic E-state index is 0.540. The molecule has 1 aliphatic carbocycles. The molecule has 1 rings (SSSR count). The van der Waals surface area contributed by atoms with E-state index in [4.69, 9.17) is 4.74 Å². The van der Waals surface area contributed by atoms with Crippen molar-refractivity contribution in [2.45, 2.75) is 58.5 Å². The zero-order chi connectivity index (χ0) is 11.1. The Hall–Kier alpha value is 0.310. The first-order valence-electron chi connectivity index (χ1n) is 6.54. The number of ether oxygens (including phenoxy) is 1. The molecule has 3 unspecified atom stereocenters. The van der Waals surface area contributed by atoms with Gasteiger partial charge in [-0.3, -0.25) is 0 Å². The van der Waals surface area contributed by atoms with Crippen LogP contribution in [0.25, 0.3) is 0 Å². The van der Waals surface area contributed by atoms with E-state index in [9.17, 15) is 0 Å². The standard InChI is InChI=1S/C13H26OS/c1-3-11(10-15)9-14-13-8-6-5-7-12(13)4-2/h11-13,15H,3-10H2,1-2H3. The molecule has 0 saturated heterocycles. The molecule has 1 nitrogen and oxygen atoms in total. The predicted molar refractivity (Wildman–Crippen MR) is 69.6 cm³/mol. The quantitative estimate of drug-likeness (QED) is 0.680. The molecule has 1 aliphatic rings. The molecule has 15 heavy (non-hydrogen) atoms. The molecular formula is C13H26OS. The Labute approximate surface area is 100 Å². The summed E-state index contributed by atoms with van der Waals surface area (Å²) >= 11 is 4.36. The number of hydrogen-bond acceptors (Lipinski definition) is 2. The summed E-state index contributed by atoms with van der Waals surface area (Å²) < 4.78 is 6.08. The van der Waals surface area contributed by atoms with Crippen molar-refractivity contribution < 1.29 is 4.74 Å². The van der Waals surface area contributed by atoms with Crippen LogP contribution in [-0.2, 0) is 4.74 Å². The van der Waals surface area contributed by atoms with Crippen molar-refractivity contribution >= 4 is 12.6 Å². The molecule has 0 N–H and O–H groups in total. The van der Waals surface area contributed by atoms with Crippen molar-refractivity contribution in [3.05, 3.63) is 0 Å². The number of thiol groups is 1. The van der Waals surface area contributed by atoms with Gasteiger partial charge in [-0.2, -0.15) is 12.6 Å². The Morgan fingerprint density at radius 2 is 2.00 bits per heavy atom. The SMILES string of the molecule is CCC(CS)COC1CCCCC1CC.